The molecule has 0 saturated heterocycles. The van der Waals surface area contributed by atoms with Crippen LogP contribution in [0.25, 0.3) is 0 Å². The number of unbranched alkanes of at least 4 members (excludes halogenated alkanes) is 20. The zero-order valence-corrected chi connectivity index (χ0v) is 34.7. The van der Waals surface area contributed by atoms with Crippen LogP contribution in [0.5, 0.6) is 0 Å². The number of hydrogen-bond acceptors (Lipinski definition) is 5. The predicted molar refractivity (Wildman–Crippen MR) is 217 cm³/mol. The number of hydrogen-bond donors (Lipinski definition) is 3. The normalized spacial score (nSPS) is 14.9. The Hall–Kier alpha value is -1.28. The number of carbonyl (C=O) groups excluding carboxylic acids is 1. The first-order chi connectivity index (χ1) is 24.5. The van der Waals surface area contributed by atoms with Crippen molar-refractivity contribution in [3.05, 3.63) is 36.5 Å². The first-order valence-electron chi connectivity index (χ1n) is 20.9. The lowest BCUT2D eigenvalue weighted by Crippen LogP contribution is -2.45. The zero-order chi connectivity index (χ0) is 37.9. The second-order valence-corrected chi connectivity index (χ2v) is 16.8. The second kappa shape index (κ2) is 34.5. The number of nitrogens with one attached hydrogen (secondary N) is 1. The minimum absolute atomic E-state index is 0.0582. The van der Waals surface area contributed by atoms with E-state index in [4.69, 9.17) is 9.05 Å². The van der Waals surface area contributed by atoms with Crippen LogP contribution in [0, 0.1) is 0 Å². The molecule has 51 heavy (non-hydrogen) atoms. The molecule has 3 N–H and O–H groups in total. The highest BCUT2D eigenvalue weighted by Crippen LogP contribution is 2.43. The van der Waals surface area contributed by atoms with Crippen molar-refractivity contribution < 1.29 is 32.9 Å². The molecular formula is C42H82N2O6P+. The number of nitrogens with zero attached hydrogens (tertiary/aromatic N) is 1. The highest BCUT2D eigenvalue weighted by atomic mass is 31.2. The molecule has 1 unspecified atom stereocenters. The number of aliphatic hydroxyl groups is 1. The highest BCUT2D eigenvalue weighted by Gasteiger charge is 2.27. The van der Waals surface area contributed by atoms with E-state index in [9.17, 15) is 19.4 Å². The van der Waals surface area contributed by atoms with Crippen molar-refractivity contribution in [1.29, 1.82) is 0 Å². The van der Waals surface area contributed by atoms with E-state index in [1.165, 1.54) is 89.9 Å². The number of rotatable bonds is 37. The SMILES string of the molecule is CCCCC/C=C/C/C=C/CCCCCCCC(=O)N[C@@H](COP(=O)(O)OCC[N+](C)(C)C)[C@H](O)/C=C/CCCCCCCCCCCCCC. The van der Waals surface area contributed by atoms with E-state index in [0.29, 0.717) is 17.4 Å². The van der Waals surface area contributed by atoms with Crippen LogP contribution in [0.15, 0.2) is 36.5 Å². The summed E-state index contributed by atoms with van der Waals surface area (Å²) in [5.41, 5.74) is 0. The molecule has 0 aliphatic carbocycles. The van der Waals surface area contributed by atoms with E-state index in [1.54, 1.807) is 6.08 Å². The van der Waals surface area contributed by atoms with Crippen LogP contribution in [0.2, 0.25) is 0 Å². The van der Waals surface area contributed by atoms with Gasteiger partial charge in [0, 0.05) is 6.42 Å². The van der Waals surface area contributed by atoms with Crippen LogP contribution >= 0.6 is 7.82 Å². The molecule has 0 aromatic rings. The molecule has 0 saturated carbocycles. The average molecular weight is 742 g/mol. The third kappa shape index (κ3) is 36.9. The van der Waals surface area contributed by atoms with E-state index in [-0.39, 0.29) is 19.1 Å². The zero-order valence-electron chi connectivity index (χ0n) is 33.8. The molecule has 0 bridgehead atoms. The van der Waals surface area contributed by atoms with Crippen molar-refractivity contribution in [3.8, 4) is 0 Å². The summed E-state index contributed by atoms with van der Waals surface area (Å²) in [4.78, 5) is 23.0. The maximum absolute atomic E-state index is 12.8. The Labute approximate surface area is 315 Å². The van der Waals surface area contributed by atoms with Gasteiger partial charge in [0.05, 0.1) is 39.9 Å². The van der Waals surface area contributed by atoms with Crippen LogP contribution in [0.1, 0.15) is 174 Å². The number of carbonyl (C=O) groups is 1. The van der Waals surface area contributed by atoms with Gasteiger partial charge < -0.3 is 19.8 Å². The van der Waals surface area contributed by atoms with Crippen molar-refractivity contribution >= 4 is 13.7 Å². The Morgan fingerprint density at radius 3 is 1.65 bits per heavy atom. The second-order valence-electron chi connectivity index (χ2n) is 15.4. The topological polar surface area (TPSA) is 105 Å². The number of phosphoric ester groups is 1. The Bertz CT molecular complexity index is 933. The minimum Gasteiger partial charge on any atom is -0.387 e. The molecule has 300 valence electrons. The van der Waals surface area contributed by atoms with Crippen LogP contribution in [-0.2, 0) is 18.4 Å². The molecular weight excluding hydrogens is 659 g/mol. The summed E-state index contributed by atoms with van der Waals surface area (Å²) in [6.45, 7) is 4.76. The molecule has 0 radical (unpaired) electrons. The fraction of sp³-hybridized carbons (Fsp3) is 0.833. The number of aliphatic hydroxyl groups excluding tert-OH is 1. The molecule has 0 spiro atoms. The van der Waals surface area contributed by atoms with E-state index in [0.717, 1.165) is 64.2 Å². The van der Waals surface area contributed by atoms with E-state index in [1.807, 2.05) is 27.2 Å². The molecule has 0 rings (SSSR count). The van der Waals surface area contributed by atoms with Gasteiger partial charge in [0.1, 0.15) is 13.2 Å². The van der Waals surface area contributed by atoms with Crippen molar-refractivity contribution in [1.82, 2.24) is 5.32 Å². The molecule has 3 atom stereocenters. The molecule has 0 aromatic carbocycles. The standard InChI is InChI=1S/C42H81N2O6P/c1-6-8-10-12-14-16-18-20-22-24-26-28-30-32-34-36-42(46)43-40(39-50-51(47,48)49-38-37-44(3,4)5)41(45)35-33-31-29-27-25-23-21-19-17-15-13-11-9-7-2/h14,16,20,22,33,35,40-41,45H,6-13,15,17-19,21,23-32,34,36-39H2,1-5H3,(H-,43,46,47,48)/p+1/b16-14+,22-20+,35-33+/t40-,41+/m0/s1. The molecule has 8 nitrogen and oxygen atoms in total. The monoisotopic (exact) mass is 742 g/mol. The van der Waals surface area contributed by atoms with Crippen LogP contribution in [0.4, 0.5) is 0 Å². The number of allylic oxidation sites excluding steroid dienone is 5. The quantitative estimate of drug-likeness (QED) is 0.0253. The lowest BCUT2D eigenvalue weighted by Gasteiger charge is -2.25. The summed E-state index contributed by atoms with van der Waals surface area (Å²) >= 11 is 0. The van der Waals surface area contributed by atoms with E-state index in [2.05, 4.69) is 43.5 Å². The summed E-state index contributed by atoms with van der Waals surface area (Å²) < 4.78 is 23.5. The van der Waals surface area contributed by atoms with Crippen LogP contribution in [-0.4, -0.2) is 73.4 Å². The highest BCUT2D eigenvalue weighted by molar-refractivity contribution is 7.47. The van der Waals surface area contributed by atoms with Gasteiger partial charge >= 0.3 is 7.82 Å². The predicted octanol–water partition coefficient (Wildman–Crippen LogP) is 11.1. The molecule has 9 heteroatoms. The van der Waals surface area contributed by atoms with Gasteiger partial charge in [-0.3, -0.25) is 13.8 Å². The van der Waals surface area contributed by atoms with Crippen molar-refractivity contribution in [3.63, 3.8) is 0 Å². The summed E-state index contributed by atoms with van der Waals surface area (Å²) in [5, 5.41) is 13.8. The molecule has 1 amide bonds. The van der Waals surface area contributed by atoms with Crippen LogP contribution in [0.3, 0.4) is 0 Å². The Morgan fingerprint density at radius 2 is 1.12 bits per heavy atom. The van der Waals surface area contributed by atoms with E-state index >= 15 is 0 Å². The molecule has 0 heterocycles. The first kappa shape index (κ1) is 49.7. The van der Waals surface area contributed by atoms with E-state index < -0.39 is 20.0 Å². The lowest BCUT2D eigenvalue weighted by molar-refractivity contribution is -0.870. The third-order valence-corrected chi connectivity index (χ3v) is 10.1. The molecule has 0 aliphatic heterocycles. The summed E-state index contributed by atoms with van der Waals surface area (Å²) in [5.74, 6) is -0.193. The Balaban J connectivity index is 4.52. The molecule has 0 aromatic heterocycles. The van der Waals surface area contributed by atoms with Crippen molar-refractivity contribution in [2.24, 2.45) is 0 Å². The maximum Gasteiger partial charge on any atom is 0.472 e. The van der Waals surface area contributed by atoms with Gasteiger partial charge in [0.15, 0.2) is 0 Å². The van der Waals surface area contributed by atoms with Gasteiger partial charge in [-0.1, -0.05) is 153 Å². The maximum atomic E-state index is 12.8. The third-order valence-electron chi connectivity index (χ3n) is 9.10. The molecule has 0 aliphatic rings. The largest absolute Gasteiger partial charge is 0.472 e. The first-order valence-corrected chi connectivity index (χ1v) is 22.4. The van der Waals surface area contributed by atoms with Gasteiger partial charge in [-0.25, -0.2) is 4.57 Å². The number of amides is 1. The number of likely N-dealkylation sites (N-methyl/N-ethyl adjacent to an activating group) is 1. The smallest absolute Gasteiger partial charge is 0.387 e. The Kier molecular flexibility index (Phi) is 33.6. The fourth-order valence-electron chi connectivity index (χ4n) is 5.72. The summed E-state index contributed by atoms with van der Waals surface area (Å²) in [6, 6.07) is -0.851. The van der Waals surface area contributed by atoms with Gasteiger partial charge in [0.2, 0.25) is 5.91 Å². The van der Waals surface area contributed by atoms with Gasteiger partial charge in [0.25, 0.3) is 0 Å². The van der Waals surface area contributed by atoms with Crippen LogP contribution < -0.4 is 5.32 Å². The summed E-state index contributed by atoms with van der Waals surface area (Å²) in [6.07, 6.45) is 40.6. The summed E-state index contributed by atoms with van der Waals surface area (Å²) in [7, 11) is 1.56. The van der Waals surface area contributed by atoms with Gasteiger partial charge in [-0.15, -0.1) is 0 Å². The van der Waals surface area contributed by atoms with Crippen molar-refractivity contribution in [2.75, 3.05) is 40.9 Å². The Morgan fingerprint density at radius 1 is 0.667 bits per heavy atom. The number of phosphoric acid groups is 1. The fourth-order valence-corrected chi connectivity index (χ4v) is 6.45. The number of quaternary nitrogens is 1. The average Bonchev–Trinajstić information content (AvgIpc) is 3.07. The molecule has 0 fully saturated rings. The van der Waals surface area contributed by atoms with Gasteiger partial charge in [-0.05, 0) is 51.4 Å². The minimum atomic E-state index is -4.34. The lowest BCUT2D eigenvalue weighted by atomic mass is 10.0. The van der Waals surface area contributed by atoms with Crippen molar-refractivity contribution in [2.45, 2.75) is 187 Å². The van der Waals surface area contributed by atoms with Gasteiger partial charge in [-0.2, -0.15) is 0 Å².